The summed E-state index contributed by atoms with van der Waals surface area (Å²) in [6.07, 6.45) is 0.869. The van der Waals surface area contributed by atoms with Crippen LogP contribution in [0.5, 0.6) is 0 Å². The SMILES string of the molecule is CN(C(=O)c1cccc(Cc2cccc(F)c2)n1)C1CCS(=O)(=O)C1. The lowest BCUT2D eigenvalue weighted by molar-refractivity contribution is 0.0741. The van der Waals surface area contributed by atoms with E-state index in [4.69, 9.17) is 0 Å². The van der Waals surface area contributed by atoms with Crippen molar-refractivity contribution < 1.29 is 17.6 Å². The van der Waals surface area contributed by atoms with Crippen LogP contribution in [0.2, 0.25) is 0 Å². The van der Waals surface area contributed by atoms with Gasteiger partial charge in [-0.1, -0.05) is 18.2 Å². The normalized spacial score (nSPS) is 18.9. The average Bonchev–Trinajstić information content (AvgIpc) is 2.94. The highest BCUT2D eigenvalue weighted by Crippen LogP contribution is 2.18. The van der Waals surface area contributed by atoms with Crippen LogP contribution < -0.4 is 0 Å². The van der Waals surface area contributed by atoms with E-state index in [9.17, 15) is 17.6 Å². The van der Waals surface area contributed by atoms with Crippen LogP contribution in [0.15, 0.2) is 42.5 Å². The van der Waals surface area contributed by atoms with Gasteiger partial charge in [-0.15, -0.1) is 0 Å². The number of nitrogens with zero attached hydrogens (tertiary/aromatic N) is 2. The molecule has 3 rings (SSSR count). The fourth-order valence-electron chi connectivity index (χ4n) is 2.98. The standard InChI is InChI=1S/C18H19FN2O3S/c1-21(16-8-9-25(23,24)12-16)18(22)17-7-3-6-15(20-17)11-13-4-2-5-14(19)10-13/h2-7,10,16H,8-9,11-12H2,1H3. The lowest BCUT2D eigenvalue weighted by Gasteiger charge is -2.23. The molecule has 5 nitrogen and oxygen atoms in total. The van der Waals surface area contributed by atoms with Crippen molar-refractivity contribution in [1.29, 1.82) is 0 Å². The van der Waals surface area contributed by atoms with Gasteiger partial charge in [0.05, 0.1) is 11.5 Å². The van der Waals surface area contributed by atoms with Crippen LogP contribution in [0.3, 0.4) is 0 Å². The molecule has 0 radical (unpaired) electrons. The summed E-state index contributed by atoms with van der Waals surface area (Å²) in [7, 11) is -1.45. The van der Waals surface area contributed by atoms with Gasteiger partial charge in [0.15, 0.2) is 9.84 Å². The van der Waals surface area contributed by atoms with E-state index in [0.717, 1.165) is 5.56 Å². The highest BCUT2D eigenvalue weighted by atomic mass is 32.2. The Bertz CT molecular complexity index is 899. The predicted molar refractivity (Wildman–Crippen MR) is 92.6 cm³/mol. The van der Waals surface area contributed by atoms with E-state index in [2.05, 4.69) is 4.98 Å². The molecule has 7 heteroatoms. The van der Waals surface area contributed by atoms with Crippen molar-refractivity contribution in [2.24, 2.45) is 0 Å². The van der Waals surface area contributed by atoms with Crippen LogP contribution in [-0.2, 0) is 16.3 Å². The number of carbonyl (C=O) groups is 1. The van der Waals surface area contributed by atoms with Crippen LogP contribution in [0.1, 0.15) is 28.2 Å². The minimum Gasteiger partial charge on any atom is -0.336 e. The second-order valence-electron chi connectivity index (χ2n) is 6.29. The van der Waals surface area contributed by atoms with E-state index >= 15 is 0 Å². The number of amides is 1. The highest BCUT2D eigenvalue weighted by Gasteiger charge is 2.33. The maximum absolute atomic E-state index is 13.3. The Morgan fingerprint density at radius 2 is 2.04 bits per heavy atom. The second kappa shape index (κ2) is 6.92. The largest absolute Gasteiger partial charge is 0.336 e. The van der Waals surface area contributed by atoms with Crippen LogP contribution in [0.25, 0.3) is 0 Å². The molecule has 132 valence electrons. The average molecular weight is 362 g/mol. The molecule has 1 unspecified atom stereocenters. The molecule has 0 bridgehead atoms. The Balaban J connectivity index is 1.75. The van der Waals surface area contributed by atoms with Gasteiger partial charge in [-0.3, -0.25) is 4.79 Å². The maximum atomic E-state index is 13.3. The zero-order valence-electron chi connectivity index (χ0n) is 13.9. The van der Waals surface area contributed by atoms with Crippen molar-refractivity contribution >= 4 is 15.7 Å². The van der Waals surface area contributed by atoms with Gasteiger partial charge < -0.3 is 4.90 Å². The van der Waals surface area contributed by atoms with Crippen molar-refractivity contribution in [3.8, 4) is 0 Å². The monoisotopic (exact) mass is 362 g/mol. The molecule has 1 amide bonds. The fourth-order valence-corrected chi connectivity index (χ4v) is 4.75. The maximum Gasteiger partial charge on any atom is 0.272 e. The van der Waals surface area contributed by atoms with E-state index in [0.29, 0.717) is 18.5 Å². The molecule has 1 aromatic heterocycles. The fraction of sp³-hybridized carbons (Fsp3) is 0.333. The number of carbonyl (C=O) groups excluding carboxylic acids is 1. The van der Waals surface area contributed by atoms with E-state index in [1.807, 2.05) is 0 Å². The van der Waals surface area contributed by atoms with Gasteiger partial charge in [0.2, 0.25) is 0 Å². The van der Waals surface area contributed by atoms with E-state index < -0.39 is 9.84 Å². The summed E-state index contributed by atoms with van der Waals surface area (Å²) in [5.74, 6) is -0.504. The highest BCUT2D eigenvalue weighted by molar-refractivity contribution is 7.91. The van der Waals surface area contributed by atoms with Gasteiger partial charge >= 0.3 is 0 Å². The number of hydrogen-bond acceptors (Lipinski definition) is 4. The van der Waals surface area contributed by atoms with Crippen LogP contribution >= 0.6 is 0 Å². The summed E-state index contributed by atoms with van der Waals surface area (Å²) in [6, 6.07) is 11.1. The zero-order chi connectivity index (χ0) is 18.0. The first-order valence-electron chi connectivity index (χ1n) is 8.02. The van der Waals surface area contributed by atoms with E-state index in [1.54, 1.807) is 37.4 Å². The Labute approximate surface area is 146 Å². The molecule has 1 saturated heterocycles. The van der Waals surface area contributed by atoms with Gasteiger partial charge in [-0.2, -0.15) is 0 Å². The van der Waals surface area contributed by atoms with Gasteiger partial charge in [-0.05, 0) is 36.2 Å². The van der Waals surface area contributed by atoms with Crippen molar-refractivity contribution in [1.82, 2.24) is 9.88 Å². The molecule has 2 aromatic rings. The van der Waals surface area contributed by atoms with E-state index in [-0.39, 0.29) is 35.0 Å². The molecule has 1 aliphatic heterocycles. The first-order valence-corrected chi connectivity index (χ1v) is 9.84. The molecule has 1 aromatic carbocycles. The molecule has 0 spiro atoms. The predicted octanol–water partition coefficient (Wildman–Crippen LogP) is 2.07. The molecule has 25 heavy (non-hydrogen) atoms. The molecule has 1 atom stereocenters. The minimum absolute atomic E-state index is 0.00176. The Morgan fingerprint density at radius 1 is 1.28 bits per heavy atom. The van der Waals surface area contributed by atoms with Crippen molar-refractivity contribution in [3.63, 3.8) is 0 Å². The van der Waals surface area contributed by atoms with Gasteiger partial charge in [0.25, 0.3) is 5.91 Å². The minimum atomic E-state index is -3.06. The molecule has 1 fully saturated rings. The Morgan fingerprint density at radius 3 is 2.72 bits per heavy atom. The van der Waals surface area contributed by atoms with Crippen molar-refractivity contribution in [2.75, 3.05) is 18.6 Å². The molecule has 0 N–H and O–H groups in total. The summed E-state index contributed by atoms with van der Waals surface area (Å²) in [5.41, 5.74) is 1.69. The first-order chi connectivity index (χ1) is 11.8. The van der Waals surface area contributed by atoms with Crippen LogP contribution in [0.4, 0.5) is 4.39 Å². The topological polar surface area (TPSA) is 67.3 Å². The summed E-state index contributed by atoms with van der Waals surface area (Å²) in [5, 5.41) is 0. The Kier molecular flexibility index (Phi) is 4.85. The third-order valence-corrected chi connectivity index (χ3v) is 6.13. The zero-order valence-corrected chi connectivity index (χ0v) is 14.7. The van der Waals surface area contributed by atoms with Crippen LogP contribution in [-0.4, -0.2) is 48.8 Å². The number of benzene rings is 1. The smallest absolute Gasteiger partial charge is 0.272 e. The first kappa shape index (κ1) is 17.5. The molecule has 0 saturated carbocycles. The summed E-state index contributed by atoms with van der Waals surface area (Å²) >= 11 is 0. The van der Waals surface area contributed by atoms with Crippen molar-refractivity contribution in [2.45, 2.75) is 18.9 Å². The lowest BCUT2D eigenvalue weighted by atomic mass is 10.1. The number of halogens is 1. The molecular formula is C18H19FN2O3S. The van der Waals surface area contributed by atoms with Crippen LogP contribution in [0, 0.1) is 5.82 Å². The second-order valence-corrected chi connectivity index (χ2v) is 8.52. The molecular weight excluding hydrogens is 343 g/mol. The van der Waals surface area contributed by atoms with E-state index in [1.165, 1.54) is 17.0 Å². The molecule has 0 aliphatic carbocycles. The third kappa shape index (κ3) is 4.22. The summed E-state index contributed by atoms with van der Waals surface area (Å²) in [6.45, 7) is 0. The number of hydrogen-bond donors (Lipinski definition) is 0. The molecule has 2 heterocycles. The summed E-state index contributed by atoms with van der Waals surface area (Å²) in [4.78, 5) is 18.4. The lowest BCUT2D eigenvalue weighted by Crippen LogP contribution is -2.38. The Hall–Kier alpha value is -2.28. The third-order valence-electron chi connectivity index (χ3n) is 4.38. The van der Waals surface area contributed by atoms with Crippen molar-refractivity contribution in [3.05, 3.63) is 65.2 Å². The number of pyridine rings is 1. The number of rotatable bonds is 4. The number of aromatic nitrogens is 1. The number of sulfone groups is 1. The van der Waals surface area contributed by atoms with Gasteiger partial charge in [0.1, 0.15) is 11.5 Å². The van der Waals surface area contributed by atoms with Gasteiger partial charge in [0, 0.05) is 25.2 Å². The van der Waals surface area contributed by atoms with Gasteiger partial charge in [-0.25, -0.2) is 17.8 Å². The molecule has 1 aliphatic rings. The quantitative estimate of drug-likeness (QED) is 0.835. The summed E-state index contributed by atoms with van der Waals surface area (Å²) < 4.78 is 36.5.